The molecule has 32 heavy (non-hydrogen) atoms. The molecule has 158 valence electrons. The van der Waals surface area contributed by atoms with Crippen LogP contribution in [0.1, 0.15) is 26.3 Å². The number of hydrogen-bond donors (Lipinski definition) is 1. The van der Waals surface area contributed by atoms with Crippen LogP contribution in [0.4, 0.5) is 15.2 Å². The Bertz CT molecular complexity index is 1320. The van der Waals surface area contributed by atoms with Crippen molar-refractivity contribution in [1.29, 1.82) is 0 Å². The van der Waals surface area contributed by atoms with Crippen LogP contribution in [-0.2, 0) is 6.42 Å². The fraction of sp³-hybridized carbons (Fsp3) is 0.0833. The molecule has 0 saturated heterocycles. The normalized spacial score (nSPS) is 12.5. The number of aromatic nitrogens is 2. The molecule has 0 saturated carbocycles. The summed E-state index contributed by atoms with van der Waals surface area (Å²) < 4.78 is 14.1. The highest BCUT2D eigenvalue weighted by Gasteiger charge is 2.27. The largest absolute Gasteiger partial charge is 0.308 e. The smallest absolute Gasteiger partial charge is 0.261 e. The van der Waals surface area contributed by atoms with Crippen molar-refractivity contribution in [3.8, 4) is 11.3 Å². The molecule has 1 aliphatic heterocycles. The Morgan fingerprint density at radius 1 is 1.06 bits per heavy atom. The monoisotopic (exact) mass is 444 g/mol. The van der Waals surface area contributed by atoms with Gasteiger partial charge in [-0.15, -0.1) is 11.3 Å². The molecule has 0 unspecified atom stereocenters. The summed E-state index contributed by atoms with van der Waals surface area (Å²) in [6.45, 7) is 0.496. The van der Waals surface area contributed by atoms with Gasteiger partial charge in [-0.2, -0.15) is 0 Å². The number of thiazole rings is 1. The number of nitrogens with one attached hydrogen (secondary N) is 1. The molecule has 0 atom stereocenters. The first-order valence-corrected chi connectivity index (χ1v) is 10.8. The number of pyridine rings is 1. The lowest BCUT2D eigenvalue weighted by molar-refractivity contribution is 0.0984. The van der Waals surface area contributed by atoms with Gasteiger partial charge in [0.1, 0.15) is 5.82 Å². The van der Waals surface area contributed by atoms with Gasteiger partial charge in [0.15, 0.2) is 5.13 Å². The van der Waals surface area contributed by atoms with Crippen molar-refractivity contribution >= 4 is 34.0 Å². The summed E-state index contributed by atoms with van der Waals surface area (Å²) in [5.41, 5.74) is 3.99. The number of anilines is 2. The number of carbonyl (C=O) groups is 2. The van der Waals surface area contributed by atoms with Gasteiger partial charge < -0.3 is 4.90 Å². The minimum absolute atomic E-state index is 0.0681. The van der Waals surface area contributed by atoms with E-state index in [1.165, 1.54) is 23.5 Å². The van der Waals surface area contributed by atoms with E-state index in [4.69, 9.17) is 0 Å². The maximum atomic E-state index is 14.1. The van der Waals surface area contributed by atoms with Gasteiger partial charge in [0.2, 0.25) is 0 Å². The van der Waals surface area contributed by atoms with Crippen LogP contribution in [0.2, 0.25) is 0 Å². The fourth-order valence-corrected chi connectivity index (χ4v) is 4.40. The number of benzene rings is 2. The van der Waals surface area contributed by atoms with Crippen molar-refractivity contribution in [2.75, 3.05) is 16.8 Å². The number of rotatable bonds is 4. The van der Waals surface area contributed by atoms with E-state index in [0.717, 1.165) is 22.5 Å². The number of fused-ring (bicyclic) bond motifs is 1. The molecule has 2 amide bonds. The zero-order chi connectivity index (χ0) is 22.1. The Balaban J connectivity index is 1.35. The molecule has 1 aliphatic rings. The molecule has 0 aliphatic carbocycles. The maximum Gasteiger partial charge on any atom is 0.261 e. The van der Waals surface area contributed by atoms with Crippen LogP contribution in [0.3, 0.4) is 0 Å². The van der Waals surface area contributed by atoms with E-state index in [-0.39, 0.29) is 17.4 Å². The average molecular weight is 444 g/mol. The zero-order valence-electron chi connectivity index (χ0n) is 16.8. The third kappa shape index (κ3) is 3.76. The average Bonchev–Trinajstić information content (AvgIpc) is 3.46. The lowest BCUT2D eigenvalue weighted by Crippen LogP contribution is -2.29. The van der Waals surface area contributed by atoms with E-state index in [1.807, 2.05) is 23.6 Å². The highest BCUT2D eigenvalue weighted by Crippen LogP contribution is 2.34. The number of nitrogens with zero attached hydrogens (tertiary/aromatic N) is 3. The van der Waals surface area contributed by atoms with Gasteiger partial charge in [-0.05, 0) is 48.4 Å². The van der Waals surface area contributed by atoms with Crippen molar-refractivity contribution in [2.45, 2.75) is 6.42 Å². The van der Waals surface area contributed by atoms with E-state index in [0.29, 0.717) is 23.7 Å². The van der Waals surface area contributed by atoms with Crippen molar-refractivity contribution in [3.05, 3.63) is 94.9 Å². The summed E-state index contributed by atoms with van der Waals surface area (Å²) in [5.74, 6) is -1.11. The van der Waals surface area contributed by atoms with Gasteiger partial charge in [-0.25, -0.2) is 9.37 Å². The first-order chi connectivity index (χ1) is 15.6. The van der Waals surface area contributed by atoms with Crippen molar-refractivity contribution in [3.63, 3.8) is 0 Å². The van der Waals surface area contributed by atoms with E-state index in [2.05, 4.69) is 15.3 Å². The summed E-state index contributed by atoms with van der Waals surface area (Å²) in [7, 11) is 0. The minimum atomic E-state index is -0.522. The van der Waals surface area contributed by atoms with Crippen molar-refractivity contribution in [1.82, 2.24) is 9.97 Å². The summed E-state index contributed by atoms with van der Waals surface area (Å²) in [4.78, 5) is 35.2. The molecule has 2 aromatic heterocycles. The molecule has 4 aromatic rings. The van der Waals surface area contributed by atoms with Crippen LogP contribution in [-0.4, -0.2) is 28.3 Å². The first kappa shape index (κ1) is 20.0. The second-order valence-corrected chi connectivity index (χ2v) is 8.12. The summed E-state index contributed by atoms with van der Waals surface area (Å²) in [5, 5.41) is 5.17. The summed E-state index contributed by atoms with van der Waals surface area (Å²) >= 11 is 1.34. The predicted octanol–water partition coefficient (Wildman–Crippen LogP) is 4.80. The molecule has 0 spiro atoms. The molecule has 5 rings (SSSR count). The molecule has 0 bridgehead atoms. The van der Waals surface area contributed by atoms with Gasteiger partial charge in [-0.3, -0.25) is 19.9 Å². The number of halogens is 1. The second kappa shape index (κ2) is 8.32. The Hall–Kier alpha value is -3.91. The lowest BCUT2D eigenvalue weighted by Gasteiger charge is -2.18. The predicted molar refractivity (Wildman–Crippen MR) is 122 cm³/mol. The van der Waals surface area contributed by atoms with Gasteiger partial charge in [0.25, 0.3) is 11.8 Å². The van der Waals surface area contributed by atoms with Gasteiger partial charge in [0, 0.05) is 41.1 Å². The van der Waals surface area contributed by atoms with Gasteiger partial charge >= 0.3 is 0 Å². The number of amides is 2. The van der Waals surface area contributed by atoms with E-state index in [1.54, 1.807) is 41.6 Å². The Morgan fingerprint density at radius 2 is 1.88 bits per heavy atom. The highest BCUT2D eigenvalue weighted by molar-refractivity contribution is 7.14. The van der Waals surface area contributed by atoms with Crippen LogP contribution in [0.15, 0.2) is 72.4 Å². The molecular weight excluding hydrogens is 427 g/mol. The summed E-state index contributed by atoms with van der Waals surface area (Å²) in [6.07, 6.45) is 3.80. The van der Waals surface area contributed by atoms with Crippen LogP contribution in [0, 0.1) is 5.82 Å². The topological polar surface area (TPSA) is 75.2 Å². The van der Waals surface area contributed by atoms with E-state index < -0.39 is 5.82 Å². The molecular formula is C24H17FN4O2S. The minimum Gasteiger partial charge on any atom is -0.308 e. The quantitative estimate of drug-likeness (QED) is 0.491. The zero-order valence-corrected chi connectivity index (χ0v) is 17.6. The Labute approximate surface area is 187 Å². The number of hydrogen-bond acceptors (Lipinski definition) is 5. The highest BCUT2D eigenvalue weighted by atomic mass is 32.1. The van der Waals surface area contributed by atoms with Crippen molar-refractivity contribution < 1.29 is 14.0 Å². The molecule has 0 fully saturated rings. The lowest BCUT2D eigenvalue weighted by atomic mass is 10.1. The summed E-state index contributed by atoms with van der Waals surface area (Å²) in [6, 6.07) is 15.0. The maximum absolute atomic E-state index is 14.1. The van der Waals surface area contributed by atoms with Crippen LogP contribution < -0.4 is 10.2 Å². The van der Waals surface area contributed by atoms with Gasteiger partial charge in [-0.1, -0.05) is 18.2 Å². The Morgan fingerprint density at radius 3 is 2.69 bits per heavy atom. The van der Waals surface area contributed by atoms with E-state index >= 15 is 0 Å². The molecule has 1 N–H and O–H groups in total. The SMILES string of the molecule is O=C(Nc1nc(-c2ccc3c(c2)CCN3C(=O)c2ccccc2F)cs1)c1ccncc1. The first-order valence-electron chi connectivity index (χ1n) is 9.97. The third-order valence-corrected chi connectivity index (χ3v) is 6.05. The van der Waals surface area contributed by atoms with Gasteiger partial charge in [0.05, 0.1) is 11.3 Å². The molecule has 8 heteroatoms. The fourth-order valence-electron chi connectivity index (χ4n) is 3.69. The van der Waals surface area contributed by atoms with Crippen LogP contribution >= 0.6 is 11.3 Å². The molecule has 0 radical (unpaired) electrons. The molecule has 2 aromatic carbocycles. The van der Waals surface area contributed by atoms with Crippen LogP contribution in [0.5, 0.6) is 0 Å². The van der Waals surface area contributed by atoms with Crippen molar-refractivity contribution in [2.24, 2.45) is 0 Å². The second-order valence-electron chi connectivity index (χ2n) is 7.26. The molecule has 6 nitrogen and oxygen atoms in total. The van der Waals surface area contributed by atoms with E-state index in [9.17, 15) is 14.0 Å². The Kier molecular flexibility index (Phi) is 5.20. The standard InChI is InChI=1S/C24H17FN4O2S/c25-19-4-2-1-3-18(19)23(31)29-12-9-17-13-16(5-6-21(17)29)20-14-32-24(27-20)28-22(30)15-7-10-26-11-8-15/h1-8,10-11,13-14H,9,12H2,(H,27,28,30). The third-order valence-electron chi connectivity index (χ3n) is 5.29. The molecule has 3 heterocycles. The van der Waals surface area contributed by atoms with Crippen LogP contribution in [0.25, 0.3) is 11.3 Å². The number of carbonyl (C=O) groups excluding carboxylic acids is 2.